The van der Waals surface area contributed by atoms with Crippen LogP contribution in [0.25, 0.3) is 0 Å². The second kappa shape index (κ2) is 12.4. The van der Waals surface area contributed by atoms with Crippen LogP contribution in [0.3, 0.4) is 0 Å². The lowest BCUT2D eigenvalue weighted by atomic mass is 10.3. The lowest BCUT2D eigenvalue weighted by Crippen LogP contribution is -2.21. The highest BCUT2D eigenvalue weighted by atomic mass is 35.5. The fourth-order valence-corrected chi connectivity index (χ4v) is 0.973. The molecule has 0 unspecified atom stereocenters. The highest BCUT2D eigenvalue weighted by Crippen LogP contribution is 1.98. The summed E-state index contributed by atoms with van der Waals surface area (Å²) in [6, 6.07) is 0. The van der Waals surface area contributed by atoms with Gasteiger partial charge in [-0.1, -0.05) is 13.3 Å². The second-order valence-corrected chi connectivity index (χ2v) is 3.57. The third kappa shape index (κ3) is 24.5. The van der Waals surface area contributed by atoms with E-state index in [-0.39, 0.29) is 0 Å². The van der Waals surface area contributed by atoms with Crippen LogP contribution in [-0.2, 0) is 4.57 Å². The molecule has 0 aliphatic heterocycles. The molecule has 2 N–H and O–H groups in total. The van der Waals surface area contributed by atoms with E-state index in [1.54, 1.807) is 0 Å². The molecule has 0 rings (SSSR count). The molecule has 0 saturated heterocycles. The van der Waals surface area contributed by atoms with Gasteiger partial charge in [0.1, 0.15) is 0 Å². The maximum Gasteiger partial charge on any atom is 0.314 e. The Hall–Kier alpha value is 0.400. The summed E-state index contributed by atoms with van der Waals surface area (Å²) < 4.78 is 8.74. The predicted octanol–water partition coefficient (Wildman–Crippen LogP) is 1.32. The second-order valence-electron chi connectivity index (χ2n) is 2.63. The lowest BCUT2D eigenvalue weighted by Gasteiger charge is -2.12. The van der Waals surface area contributed by atoms with E-state index in [1.807, 2.05) is 0 Å². The van der Waals surface area contributed by atoms with Gasteiger partial charge in [0.2, 0.25) is 0 Å². The van der Waals surface area contributed by atoms with Crippen LogP contribution < -0.4 is 0 Å². The zero-order valence-corrected chi connectivity index (χ0v) is 9.92. The van der Waals surface area contributed by atoms with Crippen molar-refractivity contribution < 1.29 is 14.4 Å². The van der Waals surface area contributed by atoms with E-state index in [1.165, 1.54) is 19.4 Å². The molecule has 0 atom stereocenters. The fourth-order valence-electron chi connectivity index (χ4n) is 0.684. The first kappa shape index (κ1) is 15.9. The normalized spacial score (nSPS) is 10.1. The molecule has 0 heterocycles. The first-order chi connectivity index (χ1) is 6.04. The van der Waals surface area contributed by atoms with Crippen molar-refractivity contribution in [2.24, 2.45) is 0 Å². The van der Waals surface area contributed by atoms with E-state index in [4.69, 9.17) is 26.0 Å². The number of hydrogen-bond donors (Lipinski definition) is 2. The van der Waals surface area contributed by atoms with Crippen molar-refractivity contribution in [1.82, 2.24) is 4.90 Å². The van der Waals surface area contributed by atoms with E-state index < -0.39 is 8.25 Å². The van der Waals surface area contributed by atoms with Crippen molar-refractivity contribution in [3.8, 4) is 0 Å². The minimum absolute atomic E-state index is 0.750. The molecule has 0 aliphatic rings. The van der Waals surface area contributed by atoms with E-state index in [2.05, 4.69) is 18.9 Å². The molecular weight excluding hydrogens is 213 g/mol. The van der Waals surface area contributed by atoms with Gasteiger partial charge in [-0.05, 0) is 20.0 Å². The average molecular weight is 232 g/mol. The monoisotopic (exact) mass is 231 g/mol. The average Bonchev–Trinajstić information content (AvgIpc) is 2.00. The summed E-state index contributed by atoms with van der Waals surface area (Å²) in [5, 5.41) is 0. The largest absolute Gasteiger partial charge is 0.326 e. The minimum atomic E-state index is -3.13. The molecule has 0 bridgehead atoms. The summed E-state index contributed by atoms with van der Waals surface area (Å²) in [6.45, 7) is 4.40. The summed E-state index contributed by atoms with van der Waals surface area (Å²) in [6.07, 6.45) is 2.56. The quantitative estimate of drug-likeness (QED) is 0.553. The molecule has 4 nitrogen and oxygen atoms in total. The first-order valence-corrected chi connectivity index (χ1v) is 6.04. The van der Waals surface area contributed by atoms with E-state index in [0.717, 1.165) is 12.4 Å². The number of nitrogens with zero attached hydrogens (tertiary/aromatic N) is 1. The number of halogens is 1. The molecule has 0 aliphatic carbocycles. The smallest absolute Gasteiger partial charge is 0.314 e. The van der Waals surface area contributed by atoms with Crippen LogP contribution in [0, 0.1) is 0 Å². The van der Waals surface area contributed by atoms with Crippen LogP contribution in [0.4, 0.5) is 0 Å². The van der Waals surface area contributed by atoms with Gasteiger partial charge in [0, 0.05) is 12.4 Å². The van der Waals surface area contributed by atoms with Gasteiger partial charge in [0.25, 0.3) is 0 Å². The number of alkyl halides is 1. The zero-order valence-electron chi connectivity index (χ0n) is 8.16. The molecule has 0 saturated carbocycles. The van der Waals surface area contributed by atoms with Gasteiger partial charge in [0.15, 0.2) is 0 Å². The summed E-state index contributed by atoms with van der Waals surface area (Å²) >= 11 is 5.53. The molecular formula is C7H19ClNO3P. The number of hydrogen-bond acceptors (Lipinski definition) is 2. The van der Waals surface area contributed by atoms with Gasteiger partial charge < -0.3 is 14.7 Å². The van der Waals surface area contributed by atoms with Crippen molar-refractivity contribution in [3.05, 3.63) is 0 Å². The van der Waals surface area contributed by atoms with Crippen LogP contribution >= 0.6 is 19.9 Å². The van der Waals surface area contributed by atoms with E-state index >= 15 is 0 Å². The van der Waals surface area contributed by atoms with Gasteiger partial charge in [-0.25, -0.2) is 0 Å². The third-order valence-electron chi connectivity index (χ3n) is 1.36. The van der Waals surface area contributed by atoms with Crippen molar-refractivity contribution in [2.75, 3.05) is 26.0 Å². The molecule has 0 aromatic carbocycles. The van der Waals surface area contributed by atoms with Crippen LogP contribution in [0.2, 0.25) is 0 Å². The zero-order chi connectivity index (χ0) is 10.7. The van der Waals surface area contributed by atoms with Crippen molar-refractivity contribution >= 4 is 19.9 Å². The Kier molecular flexibility index (Phi) is 15.1. The van der Waals surface area contributed by atoms with Crippen molar-refractivity contribution in [1.29, 1.82) is 0 Å². The molecule has 0 spiro atoms. The highest BCUT2D eigenvalue weighted by molar-refractivity contribution is 7.30. The molecule has 0 radical (unpaired) electrons. The number of unbranched alkanes of at least 4 members (excludes halogenated alkanes) is 1. The molecule has 0 fully saturated rings. The van der Waals surface area contributed by atoms with E-state index in [9.17, 15) is 0 Å². The van der Waals surface area contributed by atoms with Crippen LogP contribution in [0.5, 0.6) is 0 Å². The molecule has 0 amide bonds. The molecule has 82 valence electrons. The van der Waals surface area contributed by atoms with Crippen LogP contribution in [-0.4, -0.2) is 40.7 Å². The van der Waals surface area contributed by atoms with Crippen LogP contribution in [0.15, 0.2) is 0 Å². The molecule has 6 heteroatoms. The topological polar surface area (TPSA) is 60.8 Å². The van der Waals surface area contributed by atoms with Gasteiger partial charge in [0.05, 0.1) is 0 Å². The molecule has 0 aromatic rings. The molecule has 13 heavy (non-hydrogen) atoms. The highest BCUT2D eigenvalue weighted by Gasteiger charge is 1.93. The Bertz CT molecular complexity index is 122. The Morgan fingerprint density at radius 2 is 1.85 bits per heavy atom. The van der Waals surface area contributed by atoms with Gasteiger partial charge in [-0.3, -0.25) is 4.57 Å². The third-order valence-corrected chi connectivity index (χ3v) is 1.53. The first-order valence-electron chi connectivity index (χ1n) is 4.21. The minimum Gasteiger partial charge on any atom is -0.326 e. The maximum atomic E-state index is 8.74. The lowest BCUT2D eigenvalue weighted by molar-refractivity contribution is 0.348. The number of rotatable bonds is 5. The van der Waals surface area contributed by atoms with Crippen molar-refractivity contribution in [2.45, 2.75) is 19.8 Å². The SMILES string of the molecule is CCCCN(C)CCCl.O=[PH](O)O. The van der Waals surface area contributed by atoms with Gasteiger partial charge in [-0.2, -0.15) is 0 Å². The maximum absolute atomic E-state index is 8.74. The predicted molar refractivity (Wildman–Crippen MR) is 56.6 cm³/mol. The summed E-state index contributed by atoms with van der Waals surface area (Å²) in [5.41, 5.74) is 0. The summed E-state index contributed by atoms with van der Waals surface area (Å²) in [4.78, 5) is 16.6. The Morgan fingerprint density at radius 1 is 1.38 bits per heavy atom. The Morgan fingerprint density at radius 3 is 2.15 bits per heavy atom. The van der Waals surface area contributed by atoms with E-state index in [0.29, 0.717) is 0 Å². The summed E-state index contributed by atoms with van der Waals surface area (Å²) in [5.74, 6) is 0.750. The Labute approximate surface area is 85.5 Å². The standard InChI is InChI=1S/C7H16ClN.H3O3P/c1-3-4-6-9(2)7-5-8;1-4(2)3/h3-7H2,1-2H3;4H,(H2,1,2,3). The fraction of sp³-hybridized carbons (Fsp3) is 1.00. The van der Waals surface area contributed by atoms with Gasteiger partial charge >= 0.3 is 8.25 Å². The van der Waals surface area contributed by atoms with Crippen molar-refractivity contribution in [3.63, 3.8) is 0 Å². The van der Waals surface area contributed by atoms with Gasteiger partial charge in [-0.15, -0.1) is 11.6 Å². The summed E-state index contributed by atoms with van der Waals surface area (Å²) in [7, 11) is -1.02. The van der Waals surface area contributed by atoms with Crippen LogP contribution in [0.1, 0.15) is 19.8 Å². The Balaban J connectivity index is 0. The molecule has 0 aromatic heterocycles.